The number of carbonyl (C=O) groups is 1. The summed E-state index contributed by atoms with van der Waals surface area (Å²) >= 11 is 0. The number of carbonyl (C=O) groups excluding carboxylic acids is 1. The van der Waals surface area contributed by atoms with Crippen molar-refractivity contribution in [2.75, 3.05) is 165 Å². The fourth-order valence-corrected chi connectivity index (χ4v) is 4.24. The van der Waals surface area contributed by atoms with Crippen LogP contribution in [0.4, 0.5) is 0 Å². The number of benzene rings is 1. The van der Waals surface area contributed by atoms with Crippen molar-refractivity contribution in [1.29, 1.82) is 0 Å². The molecule has 0 amide bonds. The first-order valence-corrected chi connectivity index (χ1v) is 18.1. The van der Waals surface area contributed by atoms with E-state index in [1.165, 1.54) is 0 Å². The van der Waals surface area contributed by atoms with Gasteiger partial charge in [-0.2, -0.15) is 0 Å². The highest BCUT2D eigenvalue weighted by atomic mass is 16.7. The summed E-state index contributed by atoms with van der Waals surface area (Å²) < 4.78 is 77.0. The number of ether oxygens (including phenoxy) is 14. The summed E-state index contributed by atoms with van der Waals surface area (Å²) in [7, 11) is 0. The summed E-state index contributed by atoms with van der Waals surface area (Å²) in [6, 6.07) is 6.93. The Morgan fingerprint density at radius 2 is 0.784 bits per heavy atom. The quantitative estimate of drug-likeness (QED) is 0.0721. The first-order chi connectivity index (χ1) is 25.4. The molecular weight excluding hydrogens is 672 g/mol. The number of hydrogen-bond acceptors (Lipinski definition) is 15. The van der Waals surface area contributed by atoms with Crippen molar-refractivity contribution in [3.8, 4) is 5.75 Å². The van der Waals surface area contributed by atoms with Crippen LogP contribution in [0.3, 0.4) is 0 Å². The average molecular weight is 735 g/mol. The predicted octanol–water partition coefficient (Wildman–Crippen LogP) is 2.60. The average Bonchev–Trinajstić information content (AvgIpc) is 3.16. The van der Waals surface area contributed by atoms with Crippen molar-refractivity contribution in [3.63, 3.8) is 0 Å². The second kappa shape index (κ2) is 36.5. The highest BCUT2D eigenvalue weighted by Crippen LogP contribution is 2.13. The normalized spacial score (nSPS) is 14.6. The topological polar surface area (TPSA) is 146 Å². The minimum atomic E-state index is -0.0699. The summed E-state index contributed by atoms with van der Waals surface area (Å²) in [4.78, 5) is 10.6. The fraction of sp³-hybridized carbons (Fsp3) is 0.806. The molecule has 0 radical (unpaired) electrons. The van der Waals surface area contributed by atoms with Crippen molar-refractivity contribution in [3.05, 3.63) is 29.8 Å². The van der Waals surface area contributed by atoms with Gasteiger partial charge in [0.1, 0.15) is 18.6 Å². The standard InChI is InChI=1S/C36H62O15/c37-33-34-4-6-35(7-5-34)49-31-29-47-27-25-45-23-21-43-19-17-41-15-13-39-11-9-38-10-12-40-14-16-42-18-20-44-22-24-46-26-28-48-30-32-51-36-3-1-2-8-50-36/h4-7,33,36H,1-3,8-32H2. The van der Waals surface area contributed by atoms with Crippen molar-refractivity contribution in [2.24, 2.45) is 0 Å². The minimum Gasteiger partial charge on any atom is -0.491 e. The van der Waals surface area contributed by atoms with Crippen molar-refractivity contribution >= 4 is 6.29 Å². The molecule has 1 aromatic carbocycles. The van der Waals surface area contributed by atoms with Gasteiger partial charge in [0.15, 0.2) is 6.29 Å². The third kappa shape index (κ3) is 30.3. The summed E-state index contributed by atoms with van der Waals surface area (Å²) in [5, 5.41) is 0. The van der Waals surface area contributed by atoms with Gasteiger partial charge in [-0.1, -0.05) is 0 Å². The molecule has 1 aromatic rings. The fourth-order valence-electron chi connectivity index (χ4n) is 4.24. The van der Waals surface area contributed by atoms with Gasteiger partial charge in [0.25, 0.3) is 0 Å². The van der Waals surface area contributed by atoms with Crippen LogP contribution in [-0.4, -0.2) is 178 Å². The summed E-state index contributed by atoms with van der Waals surface area (Å²) in [6.07, 6.45) is 3.98. The second-order valence-corrected chi connectivity index (χ2v) is 10.9. The molecule has 0 N–H and O–H groups in total. The molecule has 0 aromatic heterocycles. The largest absolute Gasteiger partial charge is 0.491 e. The maximum absolute atomic E-state index is 10.6. The Hall–Kier alpha value is -1.83. The molecule has 0 spiro atoms. The van der Waals surface area contributed by atoms with E-state index >= 15 is 0 Å². The number of rotatable bonds is 39. The lowest BCUT2D eigenvalue weighted by Gasteiger charge is -2.22. The van der Waals surface area contributed by atoms with Gasteiger partial charge in [0.05, 0.1) is 152 Å². The molecule has 15 heteroatoms. The highest BCUT2D eigenvalue weighted by molar-refractivity contribution is 5.74. The van der Waals surface area contributed by atoms with Crippen molar-refractivity contribution in [1.82, 2.24) is 0 Å². The van der Waals surface area contributed by atoms with Crippen LogP contribution in [0, 0.1) is 0 Å². The van der Waals surface area contributed by atoms with Gasteiger partial charge in [-0.05, 0) is 43.5 Å². The Bertz CT molecular complexity index is 858. The predicted molar refractivity (Wildman–Crippen MR) is 186 cm³/mol. The zero-order valence-corrected chi connectivity index (χ0v) is 30.4. The molecule has 15 nitrogen and oxygen atoms in total. The maximum Gasteiger partial charge on any atom is 0.157 e. The molecule has 2 rings (SSSR count). The highest BCUT2D eigenvalue weighted by Gasteiger charge is 2.13. The SMILES string of the molecule is O=Cc1ccc(OCCOCCOCCOCCOCCOCCOCCOCCOCCOCCOCCOCCOC2CCCCO2)cc1. The van der Waals surface area contributed by atoms with Gasteiger partial charge >= 0.3 is 0 Å². The molecule has 1 fully saturated rings. The Labute approximate surface area is 303 Å². The number of hydrogen-bond donors (Lipinski definition) is 0. The van der Waals surface area contributed by atoms with E-state index in [2.05, 4.69) is 0 Å². The monoisotopic (exact) mass is 734 g/mol. The van der Waals surface area contributed by atoms with Crippen molar-refractivity contribution < 1.29 is 71.1 Å². The smallest absolute Gasteiger partial charge is 0.157 e. The van der Waals surface area contributed by atoms with E-state index in [9.17, 15) is 4.79 Å². The Balaban J connectivity index is 1.13. The molecule has 0 aliphatic carbocycles. The number of aldehydes is 1. The van der Waals surface area contributed by atoms with E-state index in [4.69, 9.17) is 66.3 Å². The van der Waals surface area contributed by atoms with E-state index in [1.54, 1.807) is 24.3 Å². The van der Waals surface area contributed by atoms with Crippen LogP contribution in [0.2, 0.25) is 0 Å². The molecule has 1 saturated heterocycles. The molecule has 296 valence electrons. The van der Waals surface area contributed by atoms with Crippen LogP contribution in [0.25, 0.3) is 0 Å². The first-order valence-electron chi connectivity index (χ1n) is 18.1. The lowest BCUT2D eigenvalue weighted by molar-refractivity contribution is -0.169. The summed E-state index contributed by atoms with van der Waals surface area (Å²) in [5.41, 5.74) is 0.617. The first kappa shape index (κ1) is 45.3. The zero-order chi connectivity index (χ0) is 36.0. The zero-order valence-electron chi connectivity index (χ0n) is 30.4. The van der Waals surface area contributed by atoms with E-state index in [0.717, 1.165) is 32.2 Å². The molecule has 51 heavy (non-hydrogen) atoms. The minimum absolute atomic E-state index is 0.0699. The van der Waals surface area contributed by atoms with Gasteiger partial charge in [0, 0.05) is 12.2 Å². The van der Waals surface area contributed by atoms with Crippen LogP contribution in [0.1, 0.15) is 29.6 Å². The summed E-state index contributed by atoms with van der Waals surface area (Å²) in [5.74, 6) is 0.703. The van der Waals surface area contributed by atoms with Gasteiger partial charge in [-0.25, -0.2) is 0 Å². The van der Waals surface area contributed by atoms with Crippen LogP contribution in [0.15, 0.2) is 24.3 Å². The van der Waals surface area contributed by atoms with Gasteiger partial charge < -0.3 is 66.3 Å². The maximum atomic E-state index is 10.6. The molecule has 1 heterocycles. The second-order valence-electron chi connectivity index (χ2n) is 10.9. The molecular formula is C36H62O15. The van der Waals surface area contributed by atoms with Gasteiger partial charge in [0.2, 0.25) is 0 Å². The molecule has 0 saturated carbocycles. The van der Waals surface area contributed by atoms with E-state index in [0.29, 0.717) is 170 Å². The van der Waals surface area contributed by atoms with Crippen LogP contribution < -0.4 is 4.74 Å². The van der Waals surface area contributed by atoms with Gasteiger partial charge in [-0.15, -0.1) is 0 Å². The lowest BCUT2D eigenvalue weighted by atomic mass is 10.2. The lowest BCUT2D eigenvalue weighted by Crippen LogP contribution is -2.24. The Morgan fingerprint density at radius 1 is 0.451 bits per heavy atom. The third-order valence-corrected chi connectivity index (χ3v) is 6.90. The Morgan fingerprint density at radius 3 is 1.10 bits per heavy atom. The molecule has 1 aliphatic heterocycles. The van der Waals surface area contributed by atoms with E-state index in [-0.39, 0.29) is 6.29 Å². The van der Waals surface area contributed by atoms with Crippen molar-refractivity contribution in [2.45, 2.75) is 25.6 Å². The summed E-state index contributed by atoms with van der Waals surface area (Å²) in [6.45, 7) is 12.8. The van der Waals surface area contributed by atoms with Crippen LogP contribution >= 0.6 is 0 Å². The molecule has 0 bridgehead atoms. The molecule has 1 atom stereocenters. The molecule has 1 unspecified atom stereocenters. The third-order valence-electron chi connectivity index (χ3n) is 6.90. The van der Waals surface area contributed by atoms with Crippen LogP contribution in [-0.2, 0) is 61.6 Å². The molecule has 1 aliphatic rings. The van der Waals surface area contributed by atoms with Crippen LogP contribution in [0.5, 0.6) is 5.75 Å². The Kier molecular flexibility index (Phi) is 32.5. The van der Waals surface area contributed by atoms with E-state index in [1.807, 2.05) is 0 Å². The van der Waals surface area contributed by atoms with E-state index < -0.39 is 0 Å². The van der Waals surface area contributed by atoms with Gasteiger partial charge in [-0.3, -0.25) is 4.79 Å².